The number of fused-ring (bicyclic) bond motifs is 3. The normalized spacial score (nSPS) is 12.0. The Morgan fingerprint density at radius 3 is 2.69 bits per heavy atom. The van der Waals surface area contributed by atoms with E-state index in [1.807, 2.05) is 6.20 Å². The van der Waals surface area contributed by atoms with Gasteiger partial charge in [0.15, 0.2) is 0 Å². The first-order chi connectivity index (χ1) is 15.6. The second-order valence-electron chi connectivity index (χ2n) is 8.24. The van der Waals surface area contributed by atoms with Crippen LogP contribution in [0.3, 0.4) is 0 Å². The largest absolute Gasteiger partial charge is 0.491 e. The number of nitrogens with zero attached hydrogens (tertiary/aromatic N) is 2. The van der Waals surface area contributed by atoms with Gasteiger partial charge in [0.05, 0.1) is 12.1 Å². The monoisotopic (exact) mass is 447 g/mol. The highest BCUT2D eigenvalue weighted by Gasteiger charge is 2.16. The van der Waals surface area contributed by atoms with E-state index in [9.17, 15) is 0 Å². The highest BCUT2D eigenvalue weighted by Crippen LogP contribution is 2.39. The quantitative estimate of drug-likeness (QED) is 0.235. The maximum Gasteiger partial charge on any atom is 0.143 e. The van der Waals surface area contributed by atoms with Crippen molar-refractivity contribution in [3.8, 4) is 16.9 Å². The number of H-pyrrole nitrogens is 1. The van der Waals surface area contributed by atoms with Gasteiger partial charge in [-0.3, -0.25) is 0 Å². The molecule has 2 aromatic heterocycles. The van der Waals surface area contributed by atoms with E-state index in [0.29, 0.717) is 6.61 Å². The van der Waals surface area contributed by atoms with Gasteiger partial charge in [0.25, 0.3) is 0 Å². The molecular formula is C27H34N3OP. The third-order valence-electron chi connectivity index (χ3n) is 6.03. The van der Waals surface area contributed by atoms with E-state index in [2.05, 4.69) is 85.0 Å². The summed E-state index contributed by atoms with van der Waals surface area (Å²) in [5.41, 5.74) is 5.61. The van der Waals surface area contributed by atoms with Crippen molar-refractivity contribution in [2.75, 3.05) is 32.4 Å². The van der Waals surface area contributed by atoms with E-state index in [0.717, 1.165) is 62.5 Å². The molecule has 2 aromatic carbocycles. The Hall–Kier alpha value is -2.42. The fourth-order valence-electron chi connectivity index (χ4n) is 4.34. The summed E-state index contributed by atoms with van der Waals surface area (Å²) >= 11 is 0. The van der Waals surface area contributed by atoms with Gasteiger partial charge in [-0.1, -0.05) is 47.6 Å². The van der Waals surface area contributed by atoms with Crippen LogP contribution in [0.25, 0.3) is 33.1 Å². The summed E-state index contributed by atoms with van der Waals surface area (Å²) in [6.45, 7) is 12.7. The molecule has 1 unspecified atom stereocenters. The minimum absolute atomic E-state index is 0.708. The van der Waals surface area contributed by atoms with E-state index in [4.69, 9.17) is 4.74 Å². The van der Waals surface area contributed by atoms with Crippen molar-refractivity contribution < 1.29 is 4.74 Å². The lowest BCUT2D eigenvalue weighted by Gasteiger charge is -2.18. The first-order valence-corrected chi connectivity index (χ1v) is 13.0. The molecule has 1 N–H and O–H groups in total. The molecule has 0 aliphatic rings. The van der Waals surface area contributed by atoms with Crippen molar-refractivity contribution in [3.05, 3.63) is 54.2 Å². The number of nitrogens with one attached hydrogen (secondary N) is 1. The lowest BCUT2D eigenvalue weighted by atomic mass is 9.99. The maximum absolute atomic E-state index is 6.29. The summed E-state index contributed by atoms with van der Waals surface area (Å²) in [4.78, 5) is 10.6. The summed E-state index contributed by atoms with van der Waals surface area (Å²) in [5, 5.41) is 3.77. The average Bonchev–Trinajstić information content (AvgIpc) is 3.18. The van der Waals surface area contributed by atoms with Gasteiger partial charge in [-0.2, -0.15) is 0 Å². The molecule has 0 amide bonds. The zero-order chi connectivity index (χ0) is 22.5. The van der Waals surface area contributed by atoms with Gasteiger partial charge < -0.3 is 14.6 Å². The topological polar surface area (TPSA) is 41.1 Å². The zero-order valence-corrected chi connectivity index (χ0v) is 20.7. The molecule has 4 aromatic rings. The fraction of sp³-hybridized carbons (Fsp3) is 0.370. The molecule has 2 heterocycles. The van der Waals surface area contributed by atoms with E-state index in [1.165, 1.54) is 28.0 Å². The van der Waals surface area contributed by atoms with E-state index in [-0.39, 0.29) is 0 Å². The van der Waals surface area contributed by atoms with Crippen molar-refractivity contribution in [2.24, 2.45) is 0 Å². The second-order valence-corrected chi connectivity index (χ2v) is 9.87. The van der Waals surface area contributed by atoms with Gasteiger partial charge in [0.1, 0.15) is 11.4 Å². The first kappa shape index (κ1) is 22.8. The fourth-order valence-corrected chi connectivity index (χ4v) is 5.22. The van der Waals surface area contributed by atoms with Crippen LogP contribution in [0.5, 0.6) is 5.75 Å². The molecule has 4 nitrogen and oxygen atoms in total. The summed E-state index contributed by atoms with van der Waals surface area (Å²) in [6, 6.07) is 15.5. The lowest BCUT2D eigenvalue weighted by molar-refractivity contribution is 0.250. The van der Waals surface area contributed by atoms with Gasteiger partial charge in [-0.05, 0) is 78.9 Å². The number of pyridine rings is 1. The smallest absolute Gasteiger partial charge is 0.143 e. The SMILES string of the molecule is CCPc1cccc(-c2ccc(OCCCN(CC)CC)c3[nH]c4ncc(C)cc4c23)c1. The van der Waals surface area contributed by atoms with E-state index in [1.54, 1.807) is 0 Å². The standard InChI is InChI=1S/C27H34N3OP/c1-5-30(6-2)14-9-15-31-24-13-12-22(20-10-8-11-21(17-20)32-7-3)25-23-16-19(4)18-28-27(23)29-26(24)25/h8,10-13,16-18,32H,5-7,9,14-15H2,1-4H3,(H,28,29). The molecule has 0 fully saturated rings. The van der Waals surface area contributed by atoms with Crippen LogP contribution in [0.4, 0.5) is 0 Å². The summed E-state index contributed by atoms with van der Waals surface area (Å²) in [5.74, 6) is 0.908. The van der Waals surface area contributed by atoms with Gasteiger partial charge >= 0.3 is 0 Å². The number of hydrogen-bond donors (Lipinski definition) is 1. The van der Waals surface area contributed by atoms with Crippen LogP contribution in [0, 0.1) is 6.92 Å². The van der Waals surface area contributed by atoms with Crippen molar-refractivity contribution in [1.29, 1.82) is 0 Å². The molecule has 0 saturated carbocycles. The minimum atomic E-state index is 0.708. The molecule has 1 atom stereocenters. The Balaban J connectivity index is 1.74. The minimum Gasteiger partial charge on any atom is -0.491 e. The molecule has 0 aliphatic carbocycles. The molecule has 5 heteroatoms. The second kappa shape index (κ2) is 10.5. The van der Waals surface area contributed by atoms with E-state index >= 15 is 0 Å². The van der Waals surface area contributed by atoms with Gasteiger partial charge in [0, 0.05) is 23.5 Å². The molecule has 168 valence electrons. The van der Waals surface area contributed by atoms with Gasteiger partial charge in [-0.15, -0.1) is 0 Å². The third kappa shape index (κ3) is 4.82. The number of ether oxygens (including phenoxy) is 1. The molecule has 0 radical (unpaired) electrons. The first-order valence-electron chi connectivity index (χ1n) is 11.7. The molecular weight excluding hydrogens is 413 g/mol. The Bertz CT molecular complexity index is 1200. The van der Waals surface area contributed by atoms with Crippen molar-refractivity contribution in [3.63, 3.8) is 0 Å². The average molecular weight is 448 g/mol. The van der Waals surface area contributed by atoms with Crippen LogP contribution < -0.4 is 10.0 Å². The summed E-state index contributed by atoms with van der Waals surface area (Å²) in [6.07, 6.45) is 4.11. The molecule has 4 rings (SSSR count). The number of aromatic nitrogens is 2. The Morgan fingerprint density at radius 2 is 1.91 bits per heavy atom. The third-order valence-corrected chi connectivity index (χ3v) is 7.10. The highest BCUT2D eigenvalue weighted by molar-refractivity contribution is 7.47. The van der Waals surface area contributed by atoms with Crippen LogP contribution in [0.15, 0.2) is 48.7 Å². The van der Waals surface area contributed by atoms with Crippen LogP contribution in [0.2, 0.25) is 0 Å². The highest BCUT2D eigenvalue weighted by atomic mass is 31.1. The molecule has 0 saturated heterocycles. The molecule has 0 spiro atoms. The zero-order valence-electron chi connectivity index (χ0n) is 19.7. The predicted octanol–water partition coefficient (Wildman–Crippen LogP) is 6.13. The lowest BCUT2D eigenvalue weighted by Crippen LogP contribution is -2.25. The Kier molecular flexibility index (Phi) is 7.44. The van der Waals surface area contributed by atoms with Crippen LogP contribution in [0.1, 0.15) is 32.8 Å². The van der Waals surface area contributed by atoms with Crippen molar-refractivity contribution in [1.82, 2.24) is 14.9 Å². The number of rotatable bonds is 10. The molecule has 0 bridgehead atoms. The van der Waals surface area contributed by atoms with Crippen LogP contribution in [-0.4, -0.2) is 47.3 Å². The van der Waals surface area contributed by atoms with Crippen molar-refractivity contribution in [2.45, 2.75) is 34.1 Å². The Labute approximate surface area is 193 Å². The summed E-state index contributed by atoms with van der Waals surface area (Å²) in [7, 11) is 0.838. The maximum atomic E-state index is 6.29. The van der Waals surface area contributed by atoms with Gasteiger partial charge in [-0.25, -0.2) is 4.98 Å². The predicted molar refractivity (Wildman–Crippen MR) is 140 cm³/mol. The molecule has 0 aliphatic heterocycles. The van der Waals surface area contributed by atoms with E-state index < -0.39 is 0 Å². The van der Waals surface area contributed by atoms with Crippen LogP contribution >= 0.6 is 8.58 Å². The number of aromatic amines is 1. The van der Waals surface area contributed by atoms with Gasteiger partial charge in [0.2, 0.25) is 0 Å². The Morgan fingerprint density at radius 1 is 1.06 bits per heavy atom. The number of hydrogen-bond acceptors (Lipinski definition) is 3. The number of benzene rings is 2. The summed E-state index contributed by atoms with van der Waals surface area (Å²) < 4.78 is 6.29. The number of aryl methyl sites for hydroxylation is 1. The molecule has 32 heavy (non-hydrogen) atoms. The van der Waals surface area contributed by atoms with Crippen LogP contribution in [-0.2, 0) is 0 Å². The van der Waals surface area contributed by atoms with Crippen molar-refractivity contribution >= 4 is 35.8 Å².